The van der Waals surface area contributed by atoms with E-state index in [9.17, 15) is 4.39 Å². The molecule has 5 nitrogen and oxygen atoms in total. The lowest BCUT2D eigenvalue weighted by molar-refractivity contribution is 0.00578. The molecule has 0 bridgehead atoms. The topological polar surface area (TPSA) is 49.2 Å². The second-order valence-electron chi connectivity index (χ2n) is 7.40. The van der Waals surface area contributed by atoms with Crippen LogP contribution in [0.15, 0.2) is 40.7 Å². The molecule has 26 heavy (non-hydrogen) atoms. The monoisotopic (exact) mass is 421 g/mol. The van der Waals surface area contributed by atoms with Crippen molar-refractivity contribution in [3.05, 3.63) is 51.9 Å². The molecule has 1 aliphatic heterocycles. The van der Waals surface area contributed by atoms with Gasteiger partial charge in [-0.2, -0.15) is 0 Å². The van der Waals surface area contributed by atoms with Gasteiger partial charge in [0.05, 0.1) is 17.4 Å². The van der Waals surface area contributed by atoms with E-state index in [1.165, 1.54) is 11.6 Å². The third-order valence-electron chi connectivity index (χ3n) is 4.86. The second-order valence-corrected chi connectivity index (χ2v) is 8.32. The van der Waals surface area contributed by atoms with Crippen LogP contribution in [0.3, 0.4) is 0 Å². The molecule has 0 spiro atoms. The first kappa shape index (κ1) is 19.3. The van der Waals surface area contributed by atoms with Crippen LogP contribution >= 0.6 is 15.9 Å². The Balaban J connectivity index is 1.62. The van der Waals surface area contributed by atoms with Crippen molar-refractivity contribution >= 4 is 29.1 Å². The van der Waals surface area contributed by atoms with Crippen molar-refractivity contribution in [2.75, 3.05) is 0 Å². The minimum absolute atomic E-state index is 0.438. The van der Waals surface area contributed by atoms with E-state index in [1.807, 2.05) is 39.8 Å². The molecule has 1 aromatic heterocycles. The lowest BCUT2D eigenvalue weighted by Gasteiger charge is -2.32. The van der Waals surface area contributed by atoms with Gasteiger partial charge in [-0.15, -0.1) is 5.10 Å². The van der Waals surface area contributed by atoms with Crippen LogP contribution in [-0.2, 0) is 22.3 Å². The Morgan fingerprint density at radius 1 is 1.19 bits per heavy atom. The molecule has 1 saturated heterocycles. The molecule has 0 amide bonds. The van der Waals surface area contributed by atoms with Crippen molar-refractivity contribution in [1.29, 1.82) is 0 Å². The zero-order valence-corrected chi connectivity index (χ0v) is 17.0. The number of nitrogens with zero attached hydrogens (tertiary/aromatic N) is 3. The molecule has 2 heterocycles. The highest BCUT2D eigenvalue weighted by Gasteiger charge is 2.53. The van der Waals surface area contributed by atoms with Crippen LogP contribution < -0.4 is 0 Å². The Bertz CT molecular complexity index is 789. The second kappa shape index (κ2) is 7.25. The highest BCUT2D eigenvalue weighted by Crippen LogP contribution is 2.38. The summed E-state index contributed by atoms with van der Waals surface area (Å²) in [5.74, 6) is 0. The Hall–Kier alpha value is -1.51. The quantitative estimate of drug-likeness (QED) is 0.678. The van der Waals surface area contributed by atoms with Crippen LogP contribution in [0.2, 0.25) is 0 Å². The molecule has 0 aliphatic carbocycles. The van der Waals surface area contributed by atoms with Gasteiger partial charge < -0.3 is 9.31 Å². The van der Waals surface area contributed by atoms with Crippen molar-refractivity contribution in [2.45, 2.75) is 51.9 Å². The predicted molar refractivity (Wildman–Crippen MR) is 103 cm³/mol. The van der Waals surface area contributed by atoms with Gasteiger partial charge in [-0.1, -0.05) is 33.3 Å². The molecule has 3 rings (SSSR count). The molecule has 0 atom stereocenters. The van der Waals surface area contributed by atoms with E-state index in [4.69, 9.17) is 9.31 Å². The van der Waals surface area contributed by atoms with Gasteiger partial charge in [0.1, 0.15) is 11.4 Å². The first-order valence-electron chi connectivity index (χ1n) is 8.54. The fraction of sp³-hybridized carbons (Fsp3) is 0.444. The van der Waals surface area contributed by atoms with E-state index in [-0.39, 0.29) is 0 Å². The first-order valence-corrected chi connectivity index (χ1v) is 9.33. The van der Waals surface area contributed by atoms with Crippen LogP contribution in [-0.4, -0.2) is 33.3 Å². The minimum Gasteiger partial charge on any atom is -0.398 e. The van der Waals surface area contributed by atoms with Gasteiger partial charge in [0.2, 0.25) is 0 Å². The molecule has 2 aromatic rings. The average molecular weight is 422 g/mol. The standard InChI is InChI=1S/C18H22BBrFN3O2/c1-17(2)18(3,4)26-19(25-17)16(21)11-15-12-24(23-22-15)10-9-13-5-7-14(20)8-6-13/h5-8,11-12H,9-10H2,1-4H3. The summed E-state index contributed by atoms with van der Waals surface area (Å²) in [5.41, 5.74) is -0.0307. The van der Waals surface area contributed by atoms with Crippen molar-refractivity contribution in [2.24, 2.45) is 0 Å². The smallest absolute Gasteiger partial charge is 0.398 e. The molecule has 8 heteroatoms. The number of hydrogen-bond donors (Lipinski definition) is 0. The van der Waals surface area contributed by atoms with E-state index in [2.05, 4.69) is 38.4 Å². The van der Waals surface area contributed by atoms with Crippen molar-refractivity contribution in [3.63, 3.8) is 0 Å². The van der Waals surface area contributed by atoms with Gasteiger partial charge in [0.15, 0.2) is 0 Å². The highest BCUT2D eigenvalue weighted by atomic mass is 79.9. The number of halogens is 2. The highest BCUT2D eigenvalue weighted by molar-refractivity contribution is 9.10. The fourth-order valence-electron chi connectivity index (χ4n) is 2.55. The Labute approximate surface area is 161 Å². The van der Waals surface area contributed by atoms with Crippen LogP contribution in [0.5, 0.6) is 0 Å². The summed E-state index contributed by atoms with van der Waals surface area (Å²) in [4.78, 5) is 0. The summed E-state index contributed by atoms with van der Waals surface area (Å²) in [7, 11) is -1.02. The number of aryl methyl sites for hydroxylation is 2. The van der Waals surface area contributed by atoms with Gasteiger partial charge in [0.25, 0.3) is 0 Å². The zero-order chi connectivity index (χ0) is 18.9. The summed E-state index contributed by atoms with van der Waals surface area (Å²) in [6.07, 6.45) is 3.84. The Kier molecular flexibility index (Phi) is 5.37. The normalized spacial score (nSPS) is 19.2. The van der Waals surface area contributed by atoms with E-state index >= 15 is 0 Å². The van der Waals surface area contributed by atoms with Crippen LogP contribution in [0.4, 0.5) is 4.39 Å². The average Bonchev–Trinajstić information content (AvgIpc) is 3.08. The number of hydrogen-bond acceptors (Lipinski definition) is 4. The summed E-state index contributed by atoms with van der Waals surface area (Å²) < 4.78 is 28.6. The molecule has 0 unspecified atom stereocenters. The van der Waals surface area contributed by atoms with Crippen molar-refractivity contribution in [1.82, 2.24) is 15.0 Å². The zero-order valence-electron chi connectivity index (χ0n) is 15.4. The molecule has 1 aromatic carbocycles. The molecule has 1 aliphatic rings. The molecule has 0 saturated carbocycles. The number of aromatic nitrogens is 3. The van der Waals surface area contributed by atoms with Gasteiger partial charge in [-0.3, -0.25) is 4.68 Å². The van der Waals surface area contributed by atoms with Gasteiger partial charge >= 0.3 is 7.12 Å². The first-order chi connectivity index (χ1) is 12.2. The van der Waals surface area contributed by atoms with E-state index in [1.54, 1.807) is 10.9 Å². The Morgan fingerprint density at radius 3 is 2.42 bits per heavy atom. The Morgan fingerprint density at radius 2 is 1.81 bits per heavy atom. The lowest BCUT2D eigenvalue weighted by Crippen LogP contribution is -2.41. The van der Waals surface area contributed by atoms with E-state index in [0.717, 1.165) is 10.9 Å². The molecular weight excluding hydrogens is 400 g/mol. The fourth-order valence-corrected chi connectivity index (χ4v) is 2.81. The minimum atomic E-state index is -1.02. The molecule has 1 fully saturated rings. The van der Waals surface area contributed by atoms with Crippen LogP contribution in [0.25, 0.3) is 6.08 Å². The number of benzene rings is 1. The van der Waals surface area contributed by atoms with Crippen LogP contribution in [0.1, 0.15) is 39.0 Å². The SMILES string of the molecule is CC1(C)OB(C(F)=Cc2cn(CCc3ccc(Br)cc3)nn2)OC1(C)C. The summed E-state index contributed by atoms with van der Waals surface area (Å²) in [6, 6.07) is 8.12. The van der Waals surface area contributed by atoms with E-state index in [0.29, 0.717) is 12.2 Å². The maximum Gasteiger partial charge on any atom is 0.525 e. The maximum atomic E-state index is 14.5. The lowest BCUT2D eigenvalue weighted by atomic mass is 9.87. The van der Waals surface area contributed by atoms with Crippen molar-refractivity contribution in [3.8, 4) is 0 Å². The van der Waals surface area contributed by atoms with Crippen molar-refractivity contribution < 1.29 is 13.7 Å². The number of rotatable bonds is 5. The van der Waals surface area contributed by atoms with Crippen LogP contribution in [0, 0.1) is 0 Å². The molecule has 0 N–H and O–H groups in total. The maximum absolute atomic E-state index is 14.5. The molecular formula is C18H22BBrFN3O2. The third-order valence-corrected chi connectivity index (χ3v) is 5.39. The summed E-state index contributed by atoms with van der Waals surface area (Å²) >= 11 is 3.42. The largest absolute Gasteiger partial charge is 0.525 e. The molecule has 138 valence electrons. The van der Waals surface area contributed by atoms with E-state index < -0.39 is 24.0 Å². The third kappa shape index (κ3) is 4.24. The predicted octanol–water partition coefficient (Wildman–Crippen LogP) is 4.23. The molecule has 0 radical (unpaired) electrons. The van der Waals surface area contributed by atoms with Gasteiger partial charge in [-0.25, -0.2) is 4.39 Å². The van der Waals surface area contributed by atoms with Gasteiger partial charge in [0, 0.05) is 11.0 Å². The van der Waals surface area contributed by atoms with Gasteiger partial charge in [-0.05, 0) is 57.9 Å². The summed E-state index contributed by atoms with van der Waals surface area (Å²) in [6.45, 7) is 8.22. The summed E-state index contributed by atoms with van der Waals surface area (Å²) in [5, 5.41) is 8.05.